The number of rotatable bonds is 6. The SMILES string of the molecule is CC(c1ccccc1)N1CCC(NC(=O)NCc2ccc(C(=O)O)cc2)CC1. The van der Waals surface area contributed by atoms with Crippen LogP contribution in [0.3, 0.4) is 0 Å². The molecule has 0 saturated carbocycles. The van der Waals surface area contributed by atoms with Crippen molar-refractivity contribution in [2.24, 2.45) is 0 Å². The molecule has 0 aromatic heterocycles. The summed E-state index contributed by atoms with van der Waals surface area (Å²) in [6.45, 7) is 4.51. The third kappa shape index (κ3) is 5.33. The van der Waals surface area contributed by atoms with Gasteiger partial charge in [0, 0.05) is 31.7 Å². The van der Waals surface area contributed by atoms with E-state index in [2.05, 4.69) is 46.7 Å². The summed E-state index contributed by atoms with van der Waals surface area (Å²) >= 11 is 0. The number of carbonyl (C=O) groups is 2. The Morgan fingerprint density at radius 1 is 1.07 bits per heavy atom. The molecule has 3 rings (SSSR count). The molecule has 148 valence electrons. The van der Waals surface area contributed by atoms with Crippen LogP contribution in [-0.4, -0.2) is 41.1 Å². The zero-order valence-electron chi connectivity index (χ0n) is 16.1. The molecule has 1 fully saturated rings. The third-order valence-corrected chi connectivity index (χ3v) is 5.35. The minimum absolute atomic E-state index is 0.175. The van der Waals surface area contributed by atoms with Crippen molar-refractivity contribution in [2.75, 3.05) is 13.1 Å². The van der Waals surface area contributed by atoms with Gasteiger partial charge >= 0.3 is 12.0 Å². The highest BCUT2D eigenvalue weighted by atomic mass is 16.4. The highest BCUT2D eigenvalue weighted by Crippen LogP contribution is 2.23. The van der Waals surface area contributed by atoms with Crippen molar-refractivity contribution in [3.63, 3.8) is 0 Å². The first-order valence-corrected chi connectivity index (χ1v) is 9.68. The van der Waals surface area contributed by atoms with E-state index in [0.29, 0.717) is 12.6 Å². The van der Waals surface area contributed by atoms with Crippen LogP contribution in [0, 0.1) is 0 Å². The molecule has 3 N–H and O–H groups in total. The van der Waals surface area contributed by atoms with Gasteiger partial charge in [0.2, 0.25) is 0 Å². The monoisotopic (exact) mass is 381 g/mol. The molecular weight excluding hydrogens is 354 g/mol. The van der Waals surface area contributed by atoms with Crippen molar-refractivity contribution < 1.29 is 14.7 Å². The zero-order valence-corrected chi connectivity index (χ0v) is 16.1. The Morgan fingerprint density at radius 3 is 2.32 bits per heavy atom. The van der Waals surface area contributed by atoms with Crippen LogP contribution < -0.4 is 10.6 Å². The molecule has 0 aliphatic carbocycles. The fraction of sp³-hybridized carbons (Fsp3) is 0.364. The molecular formula is C22H27N3O3. The summed E-state index contributed by atoms with van der Waals surface area (Å²) in [6.07, 6.45) is 1.86. The fourth-order valence-corrected chi connectivity index (χ4v) is 3.56. The smallest absolute Gasteiger partial charge is 0.335 e. The van der Waals surface area contributed by atoms with Gasteiger partial charge in [-0.15, -0.1) is 0 Å². The second-order valence-electron chi connectivity index (χ2n) is 7.23. The number of benzene rings is 2. The van der Waals surface area contributed by atoms with E-state index in [-0.39, 0.29) is 17.6 Å². The van der Waals surface area contributed by atoms with E-state index in [1.165, 1.54) is 5.56 Å². The van der Waals surface area contributed by atoms with Gasteiger partial charge in [-0.1, -0.05) is 42.5 Å². The molecule has 1 saturated heterocycles. The lowest BCUT2D eigenvalue weighted by atomic mass is 10.0. The number of hydrogen-bond donors (Lipinski definition) is 3. The number of carboxylic acids is 1. The summed E-state index contributed by atoms with van der Waals surface area (Å²) in [4.78, 5) is 25.5. The molecule has 28 heavy (non-hydrogen) atoms. The Balaban J connectivity index is 1.40. The van der Waals surface area contributed by atoms with Crippen molar-refractivity contribution in [3.05, 3.63) is 71.3 Å². The van der Waals surface area contributed by atoms with E-state index in [1.807, 2.05) is 6.07 Å². The Morgan fingerprint density at radius 2 is 1.71 bits per heavy atom. The lowest BCUT2D eigenvalue weighted by molar-refractivity contribution is 0.0697. The maximum atomic E-state index is 12.2. The summed E-state index contributed by atoms with van der Waals surface area (Å²) in [5, 5.41) is 14.8. The molecule has 2 aromatic rings. The van der Waals surface area contributed by atoms with Crippen LogP contribution in [0.15, 0.2) is 54.6 Å². The minimum Gasteiger partial charge on any atom is -0.478 e. The van der Waals surface area contributed by atoms with Gasteiger partial charge < -0.3 is 15.7 Å². The van der Waals surface area contributed by atoms with E-state index < -0.39 is 5.97 Å². The molecule has 2 aromatic carbocycles. The highest BCUT2D eigenvalue weighted by Gasteiger charge is 2.24. The summed E-state index contributed by atoms with van der Waals surface area (Å²) < 4.78 is 0. The molecule has 1 aliphatic rings. The number of carboxylic acid groups (broad SMARTS) is 1. The number of likely N-dealkylation sites (tertiary alicyclic amines) is 1. The van der Waals surface area contributed by atoms with Crippen LogP contribution >= 0.6 is 0 Å². The fourth-order valence-electron chi connectivity index (χ4n) is 3.56. The minimum atomic E-state index is -0.954. The first-order chi connectivity index (χ1) is 13.5. The standard InChI is InChI=1S/C22H27N3O3/c1-16(18-5-3-2-4-6-18)25-13-11-20(12-14-25)24-22(28)23-15-17-7-9-19(10-8-17)21(26)27/h2-10,16,20H,11-15H2,1H3,(H,26,27)(H2,23,24,28). The predicted molar refractivity (Wildman–Crippen MR) is 108 cm³/mol. The number of carbonyl (C=O) groups excluding carboxylic acids is 1. The summed E-state index contributed by atoms with van der Waals surface area (Å²) in [6, 6.07) is 17.4. The molecule has 1 heterocycles. The first kappa shape index (κ1) is 19.9. The highest BCUT2D eigenvalue weighted by molar-refractivity contribution is 5.87. The summed E-state index contributed by atoms with van der Waals surface area (Å²) in [5.74, 6) is -0.954. The number of nitrogens with one attached hydrogen (secondary N) is 2. The van der Waals surface area contributed by atoms with Crippen LogP contribution in [0.25, 0.3) is 0 Å². The van der Waals surface area contributed by atoms with Gasteiger partial charge in [-0.2, -0.15) is 0 Å². The summed E-state index contributed by atoms with van der Waals surface area (Å²) in [5.41, 5.74) is 2.43. The van der Waals surface area contributed by atoms with Crippen LogP contribution in [0.2, 0.25) is 0 Å². The quantitative estimate of drug-likeness (QED) is 0.716. The van der Waals surface area contributed by atoms with Crippen LogP contribution in [0.4, 0.5) is 4.79 Å². The Kier molecular flexibility index (Phi) is 6.66. The Labute approximate surface area is 165 Å². The van der Waals surface area contributed by atoms with E-state index in [4.69, 9.17) is 5.11 Å². The third-order valence-electron chi connectivity index (χ3n) is 5.35. The van der Waals surface area contributed by atoms with Crippen LogP contribution in [0.1, 0.15) is 47.3 Å². The van der Waals surface area contributed by atoms with Gasteiger partial charge in [-0.25, -0.2) is 9.59 Å². The molecule has 0 bridgehead atoms. The van der Waals surface area contributed by atoms with Gasteiger partial charge in [0.05, 0.1) is 5.56 Å². The van der Waals surface area contributed by atoms with Gasteiger partial charge in [0.25, 0.3) is 0 Å². The van der Waals surface area contributed by atoms with Crippen molar-refractivity contribution >= 4 is 12.0 Å². The zero-order chi connectivity index (χ0) is 19.9. The van der Waals surface area contributed by atoms with Crippen molar-refractivity contribution in [1.29, 1.82) is 0 Å². The average molecular weight is 381 g/mol. The van der Waals surface area contributed by atoms with E-state index in [0.717, 1.165) is 31.5 Å². The topological polar surface area (TPSA) is 81.7 Å². The lowest BCUT2D eigenvalue weighted by Crippen LogP contribution is -2.48. The van der Waals surface area contributed by atoms with Crippen LogP contribution in [-0.2, 0) is 6.54 Å². The van der Waals surface area contributed by atoms with E-state index in [9.17, 15) is 9.59 Å². The lowest BCUT2D eigenvalue weighted by Gasteiger charge is -2.36. The Bertz CT molecular complexity index is 784. The van der Waals surface area contributed by atoms with Gasteiger partial charge in [-0.05, 0) is 43.0 Å². The number of urea groups is 1. The van der Waals surface area contributed by atoms with Gasteiger partial charge in [0.1, 0.15) is 0 Å². The molecule has 6 nitrogen and oxygen atoms in total. The molecule has 1 atom stereocenters. The molecule has 6 heteroatoms. The second-order valence-corrected chi connectivity index (χ2v) is 7.23. The van der Waals surface area contributed by atoms with Crippen molar-refractivity contribution in [2.45, 2.75) is 38.4 Å². The normalized spacial score (nSPS) is 16.3. The molecule has 0 radical (unpaired) electrons. The van der Waals surface area contributed by atoms with E-state index >= 15 is 0 Å². The van der Waals surface area contributed by atoms with Crippen molar-refractivity contribution in [3.8, 4) is 0 Å². The van der Waals surface area contributed by atoms with E-state index in [1.54, 1.807) is 24.3 Å². The summed E-state index contributed by atoms with van der Waals surface area (Å²) in [7, 11) is 0. The van der Waals surface area contributed by atoms with Gasteiger partial charge in [-0.3, -0.25) is 4.90 Å². The predicted octanol–water partition coefficient (Wildman–Crippen LogP) is 3.41. The van der Waals surface area contributed by atoms with Crippen LogP contribution in [0.5, 0.6) is 0 Å². The molecule has 1 unspecified atom stereocenters. The first-order valence-electron chi connectivity index (χ1n) is 9.68. The molecule has 0 spiro atoms. The maximum Gasteiger partial charge on any atom is 0.335 e. The number of piperidine rings is 1. The number of aromatic carboxylic acids is 1. The maximum absolute atomic E-state index is 12.2. The van der Waals surface area contributed by atoms with Crippen molar-refractivity contribution in [1.82, 2.24) is 15.5 Å². The van der Waals surface area contributed by atoms with Gasteiger partial charge in [0.15, 0.2) is 0 Å². The molecule has 2 amide bonds. The number of nitrogens with zero attached hydrogens (tertiary/aromatic N) is 1. The molecule has 1 aliphatic heterocycles. The number of hydrogen-bond acceptors (Lipinski definition) is 3. The average Bonchev–Trinajstić information content (AvgIpc) is 2.73. The Hall–Kier alpha value is -2.86. The second kappa shape index (κ2) is 9.37. The number of amides is 2. The largest absolute Gasteiger partial charge is 0.478 e.